The first-order chi connectivity index (χ1) is 6.70. The van der Waals surface area contributed by atoms with Gasteiger partial charge in [-0.3, -0.25) is 0 Å². The average Bonchev–Trinajstić information content (AvgIpc) is 2.89. The topological polar surface area (TPSA) is 65.2 Å². The number of ether oxygens (including phenoxy) is 1. The SMILES string of the molecule is COC(=O)c1nc(CC2CC2)sc1N. The van der Waals surface area contributed by atoms with Crippen molar-refractivity contribution in [2.75, 3.05) is 12.8 Å². The van der Waals surface area contributed by atoms with Crippen molar-refractivity contribution >= 4 is 22.3 Å². The highest BCUT2D eigenvalue weighted by atomic mass is 32.1. The molecule has 1 aliphatic rings. The first-order valence-corrected chi connectivity index (χ1v) is 5.36. The van der Waals surface area contributed by atoms with Crippen LogP contribution in [0.25, 0.3) is 0 Å². The molecule has 0 bridgehead atoms. The van der Waals surface area contributed by atoms with Gasteiger partial charge in [0.05, 0.1) is 12.1 Å². The lowest BCUT2D eigenvalue weighted by Crippen LogP contribution is -2.04. The van der Waals surface area contributed by atoms with Crippen molar-refractivity contribution in [3.63, 3.8) is 0 Å². The molecule has 1 aromatic rings. The number of esters is 1. The fourth-order valence-electron chi connectivity index (χ4n) is 1.28. The Labute approximate surface area is 86.1 Å². The fourth-order valence-corrected chi connectivity index (χ4v) is 2.21. The van der Waals surface area contributed by atoms with Crippen LogP contribution in [0.4, 0.5) is 5.00 Å². The lowest BCUT2D eigenvalue weighted by atomic mass is 10.3. The number of nitrogens with two attached hydrogens (primary N) is 1. The van der Waals surface area contributed by atoms with E-state index in [4.69, 9.17) is 5.73 Å². The lowest BCUT2D eigenvalue weighted by Gasteiger charge is -1.93. The monoisotopic (exact) mass is 212 g/mol. The number of carbonyl (C=O) groups excluding carboxylic acids is 1. The van der Waals surface area contributed by atoms with E-state index >= 15 is 0 Å². The van der Waals surface area contributed by atoms with Gasteiger partial charge in [0.1, 0.15) is 5.00 Å². The van der Waals surface area contributed by atoms with Gasteiger partial charge in [0.15, 0.2) is 5.69 Å². The van der Waals surface area contributed by atoms with Crippen molar-refractivity contribution in [1.82, 2.24) is 4.98 Å². The Morgan fingerprint density at radius 2 is 2.43 bits per heavy atom. The standard InChI is InChI=1S/C9H12N2O2S/c1-13-9(12)7-8(10)14-6(11-7)4-5-2-3-5/h5H,2-4,10H2,1H3. The number of carbonyl (C=O) groups is 1. The number of methoxy groups -OCH3 is 1. The molecule has 0 saturated heterocycles. The fraction of sp³-hybridized carbons (Fsp3) is 0.556. The van der Waals surface area contributed by atoms with Crippen molar-refractivity contribution < 1.29 is 9.53 Å². The van der Waals surface area contributed by atoms with Crippen LogP contribution in [0.15, 0.2) is 0 Å². The smallest absolute Gasteiger partial charge is 0.359 e. The molecule has 0 radical (unpaired) electrons. The molecule has 0 aliphatic heterocycles. The minimum atomic E-state index is -0.444. The minimum Gasteiger partial charge on any atom is -0.464 e. The number of hydrogen-bond donors (Lipinski definition) is 1. The molecule has 14 heavy (non-hydrogen) atoms. The Hall–Kier alpha value is -1.10. The minimum absolute atomic E-state index is 0.271. The van der Waals surface area contributed by atoms with Crippen LogP contribution < -0.4 is 5.73 Å². The third-order valence-electron chi connectivity index (χ3n) is 2.24. The molecule has 0 amide bonds. The summed E-state index contributed by atoms with van der Waals surface area (Å²) >= 11 is 1.39. The number of anilines is 1. The second-order valence-electron chi connectivity index (χ2n) is 3.46. The van der Waals surface area contributed by atoms with Crippen LogP contribution in [0.3, 0.4) is 0 Å². The maximum Gasteiger partial charge on any atom is 0.359 e. The van der Waals surface area contributed by atoms with Gasteiger partial charge in [0.2, 0.25) is 0 Å². The van der Waals surface area contributed by atoms with Crippen LogP contribution in [0, 0.1) is 5.92 Å². The molecule has 0 atom stereocenters. The molecule has 5 heteroatoms. The second-order valence-corrected chi connectivity index (χ2v) is 4.57. The number of rotatable bonds is 3. The van der Waals surface area contributed by atoms with E-state index in [1.54, 1.807) is 0 Å². The summed E-state index contributed by atoms with van der Waals surface area (Å²) in [5, 5.41) is 1.41. The van der Waals surface area contributed by atoms with Crippen molar-refractivity contribution in [3.05, 3.63) is 10.7 Å². The third kappa shape index (κ3) is 1.87. The molecule has 1 saturated carbocycles. The average molecular weight is 212 g/mol. The molecule has 1 heterocycles. The molecule has 4 nitrogen and oxygen atoms in total. The van der Waals surface area contributed by atoms with Crippen LogP contribution in [0.1, 0.15) is 28.3 Å². The number of aromatic nitrogens is 1. The Morgan fingerprint density at radius 3 is 3.00 bits per heavy atom. The van der Waals surface area contributed by atoms with Crippen LogP contribution in [-0.2, 0) is 11.2 Å². The number of nitrogens with zero attached hydrogens (tertiary/aromatic N) is 1. The Morgan fingerprint density at radius 1 is 1.71 bits per heavy atom. The van der Waals surface area contributed by atoms with Gasteiger partial charge in [0.25, 0.3) is 0 Å². The van der Waals surface area contributed by atoms with Gasteiger partial charge < -0.3 is 10.5 Å². The molecule has 1 aromatic heterocycles. The summed E-state index contributed by atoms with van der Waals surface area (Å²) in [5.41, 5.74) is 5.94. The molecule has 0 aromatic carbocycles. The van der Waals surface area contributed by atoms with Gasteiger partial charge in [-0.2, -0.15) is 0 Å². The zero-order valence-electron chi connectivity index (χ0n) is 7.95. The van der Waals surface area contributed by atoms with Crippen LogP contribution in [0.2, 0.25) is 0 Å². The van der Waals surface area contributed by atoms with E-state index < -0.39 is 5.97 Å². The van der Waals surface area contributed by atoms with Crippen LogP contribution >= 0.6 is 11.3 Å². The normalized spacial score (nSPS) is 15.5. The number of nitrogen functional groups attached to an aromatic ring is 1. The van der Waals surface area contributed by atoms with Gasteiger partial charge in [-0.1, -0.05) is 0 Å². The molecule has 0 spiro atoms. The third-order valence-corrected chi connectivity index (χ3v) is 3.14. The molecule has 76 valence electrons. The summed E-state index contributed by atoms with van der Waals surface area (Å²) in [7, 11) is 1.34. The van der Waals surface area contributed by atoms with E-state index in [-0.39, 0.29) is 5.69 Å². The van der Waals surface area contributed by atoms with Crippen LogP contribution in [0.5, 0.6) is 0 Å². The summed E-state index contributed by atoms with van der Waals surface area (Å²) in [4.78, 5) is 15.4. The first-order valence-electron chi connectivity index (χ1n) is 4.54. The quantitative estimate of drug-likeness (QED) is 0.770. The Kier molecular flexibility index (Phi) is 2.41. The predicted octanol–water partition coefficient (Wildman–Crippen LogP) is 1.46. The van der Waals surface area contributed by atoms with E-state index in [1.807, 2.05) is 0 Å². The second kappa shape index (κ2) is 3.57. The summed E-state index contributed by atoms with van der Waals surface area (Å²) in [6.45, 7) is 0. The van der Waals surface area contributed by atoms with E-state index in [1.165, 1.54) is 31.3 Å². The summed E-state index contributed by atoms with van der Waals surface area (Å²) in [5.74, 6) is 0.312. The van der Waals surface area contributed by atoms with Crippen molar-refractivity contribution in [2.24, 2.45) is 5.92 Å². The Balaban J connectivity index is 2.15. The van der Waals surface area contributed by atoms with Gasteiger partial charge in [-0.15, -0.1) is 11.3 Å². The summed E-state index contributed by atoms with van der Waals surface area (Å²) in [6, 6.07) is 0. The summed E-state index contributed by atoms with van der Waals surface area (Å²) in [6.07, 6.45) is 3.49. The molecular weight excluding hydrogens is 200 g/mol. The van der Waals surface area contributed by atoms with Crippen molar-refractivity contribution in [3.8, 4) is 0 Å². The Bertz CT molecular complexity index is 358. The molecule has 0 unspecified atom stereocenters. The highest BCUT2D eigenvalue weighted by molar-refractivity contribution is 7.15. The predicted molar refractivity (Wildman–Crippen MR) is 54.3 cm³/mol. The zero-order chi connectivity index (χ0) is 10.1. The highest BCUT2D eigenvalue weighted by Gasteiger charge is 2.25. The van der Waals surface area contributed by atoms with Crippen LogP contribution in [-0.4, -0.2) is 18.1 Å². The zero-order valence-corrected chi connectivity index (χ0v) is 8.76. The van der Waals surface area contributed by atoms with Gasteiger partial charge in [-0.25, -0.2) is 9.78 Å². The molecule has 2 rings (SSSR count). The molecular formula is C9H12N2O2S. The maximum absolute atomic E-state index is 11.2. The molecule has 1 aliphatic carbocycles. The van der Waals surface area contributed by atoms with Gasteiger partial charge in [-0.05, 0) is 18.8 Å². The number of hydrogen-bond acceptors (Lipinski definition) is 5. The van der Waals surface area contributed by atoms with E-state index in [0.29, 0.717) is 5.00 Å². The van der Waals surface area contributed by atoms with Crippen molar-refractivity contribution in [2.45, 2.75) is 19.3 Å². The van der Waals surface area contributed by atoms with Gasteiger partial charge in [0, 0.05) is 6.42 Å². The first kappa shape index (κ1) is 9.45. The van der Waals surface area contributed by atoms with Gasteiger partial charge >= 0.3 is 5.97 Å². The van der Waals surface area contributed by atoms with E-state index in [0.717, 1.165) is 17.3 Å². The largest absolute Gasteiger partial charge is 0.464 e. The van der Waals surface area contributed by atoms with E-state index in [2.05, 4.69) is 9.72 Å². The molecule has 2 N–H and O–H groups in total. The molecule has 1 fully saturated rings. The van der Waals surface area contributed by atoms with E-state index in [9.17, 15) is 4.79 Å². The number of thiazole rings is 1. The summed E-state index contributed by atoms with van der Waals surface area (Å²) < 4.78 is 4.58. The highest BCUT2D eigenvalue weighted by Crippen LogP contribution is 2.34. The van der Waals surface area contributed by atoms with Crippen molar-refractivity contribution in [1.29, 1.82) is 0 Å². The maximum atomic E-state index is 11.2. The lowest BCUT2D eigenvalue weighted by molar-refractivity contribution is 0.0596.